The number of nitrogens with one attached hydrogen (secondary N) is 1. The molecule has 140 valence electrons. The number of hydrogen-bond donors (Lipinski definition) is 1. The van der Waals surface area contributed by atoms with Crippen LogP contribution in [0.4, 0.5) is 0 Å². The van der Waals surface area contributed by atoms with Crippen LogP contribution in [0.5, 0.6) is 0 Å². The first-order valence-corrected chi connectivity index (χ1v) is 9.43. The van der Waals surface area contributed by atoms with Crippen molar-refractivity contribution in [2.24, 2.45) is 0 Å². The monoisotopic (exact) mass is 448 g/mol. The Labute approximate surface area is 170 Å². The molecule has 1 amide bonds. The Morgan fingerprint density at radius 2 is 2.00 bits per heavy atom. The van der Waals surface area contributed by atoms with Crippen molar-refractivity contribution in [1.82, 2.24) is 20.1 Å². The summed E-state index contributed by atoms with van der Waals surface area (Å²) in [5, 5.41) is 7.77. The van der Waals surface area contributed by atoms with Crippen LogP contribution in [0.3, 0.4) is 0 Å². The molecule has 0 saturated heterocycles. The number of hydrogen-bond acceptors (Lipinski definition) is 4. The van der Waals surface area contributed by atoms with Gasteiger partial charge in [0.15, 0.2) is 5.82 Å². The van der Waals surface area contributed by atoms with Gasteiger partial charge in [-0.05, 0) is 36.8 Å². The van der Waals surface area contributed by atoms with E-state index < -0.39 is 0 Å². The lowest BCUT2D eigenvalue weighted by atomic mass is 10.2. The van der Waals surface area contributed by atoms with E-state index in [1.54, 1.807) is 17.9 Å². The second-order valence-electron chi connectivity index (χ2n) is 5.86. The van der Waals surface area contributed by atoms with Crippen LogP contribution in [0.1, 0.15) is 16.2 Å². The molecule has 0 bridgehead atoms. The fraction of sp³-hybridized carbons (Fsp3) is 0.211. The normalized spacial score (nSPS) is 10.8. The summed E-state index contributed by atoms with van der Waals surface area (Å²) in [6.07, 6.45) is 0. The van der Waals surface area contributed by atoms with E-state index in [9.17, 15) is 4.79 Å². The molecule has 0 aliphatic carbocycles. The standard InChI is InChI=1S/C19H18BrClN4O2/c1-12-3-8-15(21)11-16(12)25-18(13-4-6-14(20)7-5-13)23-17(24-25)19(26)22-9-10-27-2/h3-8,11H,9-10H2,1-2H3,(H,22,26). The Hall–Kier alpha value is -2.22. The summed E-state index contributed by atoms with van der Waals surface area (Å²) in [6, 6.07) is 13.2. The molecule has 3 aromatic rings. The average Bonchev–Trinajstić information content (AvgIpc) is 3.09. The highest BCUT2D eigenvalue weighted by atomic mass is 79.9. The van der Waals surface area contributed by atoms with Crippen LogP contribution in [-0.2, 0) is 4.74 Å². The highest BCUT2D eigenvalue weighted by Gasteiger charge is 2.19. The second-order valence-corrected chi connectivity index (χ2v) is 7.21. The number of halogens is 2. The van der Waals surface area contributed by atoms with Crippen molar-refractivity contribution in [2.75, 3.05) is 20.3 Å². The minimum atomic E-state index is -0.358. The van der Waals surface area contributed by atoms with Gasteiger partial charge in [-0.15, -0.1) is 5.10 Å². The molecular formula is C19H18BrClN4O2. The largest absolute Gasteiger partial charge is 0.383 e. The minimum absolute atomic E-state index is 0.0865. The van der Waals surface area contributed by atoms with Gasteiger partial charge >= 0.3 is 0 Å². The summed E-state index contributed by atoms with van der Waals surface area (Å²) < 4.78 is 7.56. The molecular weight excluding hydrogens is 432 g/mol. The first kappa shape index (κ1) is 19.5. The molecule has 0 spiro atoms. The summed E-state index contributed by atoms with van der Waals surface area (Å²) in [5.41, 5.74) is 2.57. The minimum Gasteiger partial charge on any atom is -0.383 e. The molecule has 0 saturated carbocycles. The zero-order valence-electron chi connectivity index (χ0n) is 14.9. The van der Waals surface area contributed by atoms with Gasteiger partial charge in [0, 0.05) is 28.7 Å². The number of rotatable bonds is 6. The zero-order chi connectivity index (χ0) is 19.4. The van der Waals surface area contributed by atoms with Gasteiger partial charge < -0.3 is 10.1 Å². The van der Waals surface area contributed by atoms with Crippen LogP contribution in [0.15, 0.2) is 46.9 Å². The van der Waals surface area contributed by atoms with Crippen LogP contribution in [0.2, 0.25) is 5.02 Å². The second kappa shape index (κ2) is 8.65. The highest BCUT2D eigenvalue weighted by molar-refractivity contribution is 9.10. The first-order valence-electron chi connectivity index (χ1n) is 8.26. The van der Waals surface area contributed by atoms with Crippen molar-refractivity contribution in [2.45, 2.75) is 6.92 Å². The van der Waals surface area contributed by atoms with Crippen molar-refractivity contribution in [3.8, 4) is 17.1 Å². The molecule has 6 nitrogen and oxygen atoms in total. The average molecular weight is 450 g/mol. The summed E-state index contributed by atoms with van der Waals surface area (Å²) >= 11 is 9.61. The maximum absolute atomic E-state index is 12.4. The Kier molecular flexibility index (Phi) is 6.26. The van der Waals surface area contributed by atoms with E-state index in [1.165, 1.54) is 0 Å². The molecule has 1 heterocycles. The molecule has 8 heteroatoms. The number of carbonyl (C=O) groups excluding carboxylic acids is 1. The Morgan fingerprint density at radius 1 is 1.26 bits per heavy atom. The number of benzene rings is 2. The topological polar surface area (TPSA) is 69.0 Å². The van der Waals surface area contributed by atoms with Crippen molar-refractivity contribution in [3.05, 3.63) is 63.3 Å². The molecule has 1 N–H and O–H groups in total. The van der Waals surface area contributed by atoms with Crippen LogP contribution in [0, 0.1) is 6.92 Å². The van der Waals surface area contributed by atoms with Crippen molar-refractivity contribution in [3.63, 3.8) is 0 Å². The van der Waals surface area contributed by atoms with Crippen LogP contribution in [0.25, 0.3) is 17.1 Å². The van der Waals surface area contributed by atoms with Crippen LogP contribution >= 0.6 is 27.5 Å². The molecule has 0 atom stereocenters. The maximum Gasteiger partial charge on any atom is 0.291 e. The summed E-state index contributed by atoms with van der Waals surface area (Å²) in [7, 11) is 1.58. The summed E-state index contributed by atoms with van der Waals surface area (Å²) in [5.74, 6) is 0.289. The molecule has 2 aromatic carbocycles. The van der Waals surface area contributed by atoms with Gasteiger partial charge in [0.05, 0.1) is 12.3 Å². The molecule has 0 aliphatic rings. The van der Waals surface area contributed by atoms with Gasteiger partial charge in [-0.3, -0.25) is 4.79 Å². The molecule has 27 heavy (non-hydrogen) atoms. The van der Waals surface area contributed by atoms with Gasteiger partial charge in [-0.25, -0.2) is 9.67 Å². The van der Waals surface area contributed by atoms with E-state index in [0.717, 1.165) is 21.3 Å². The maximum atomic E-state index is 12.4. The number of amides is 1. The van der Waals surface area contributed by atoms with E-state index in [1.807, 2.05) is 43.3 Å². The number of methoxy groups -OCH3 is 1. The molecule has 0 fully saturated rings. The lowest BCUT2D eigenvalue weighted by molar-refractivity contribution is 0.0927. The Morgan fingerprint density at radius 3 is 2.70 bits per heavy atom. The lowest BCUT2D eigenvalue weighted by Crippen LogP contribution is -2.28. The predicted molar refractivity (Wildman–Crippen MR) is 108 cm³/mol. The lowest BCUT2D eigenvalue weighted by Gasteiger charge is -2.09. The number of carbonyl (C=O) groups is 1. The van der Waals surface area contributed by atoms with E-state index in [-0.39, 0.29) is 11.7 Å². The Balaban J connectivity index is 2.08. The highest BCUT2D eigenvalue weighted by Crippen LogP contribution is 2.26. The van der Waals surface area contributed by atoms with Crippen molar-refractivity contribution < 1.29 is 9.53 Å². The zero-order valence-corrected chi connectivity index (χ0v) is 17.2. The molecule has 0 radical (unpaired) electrons. The van der Waals surface area contributed by atoms with Crippen LogP contribution < -0.4 is 5.32 Å². The number of ether oxygens (including phenoxy) is 1. The predicted octanol–water partition coefficient (Wildman–Crippen LogP) is 4.03. The summed E-state index contributed by atoms with van der Waals surface area (Å²) in [6.45, 7) is 2.75. The van der Waals surface area contributed by atoms with Gasteiger partial charge in [-0.1, -0.05) is 45.7 Å². The number of nitrogens with zero attached hydrogens (tertiary/aromatic N) is 3. The smallest absolute Gasteiger partial charge is 0.291 e. The van der Waals surface area contributed by atoms with E-state index >= 15 is 0 Å². The van der Waals surface area contributed by atoms with Crippen molar-refractivity contribution in [1.29, 1.82) is 0 Å². The number of aromatic nitrogens is 3. The van der Waals surface area contributed by atoms with Gasteiger partial charge in [0.1, 0.15) is 0 Å². The third-order valence-electron chi connectivity index (χ3n) is 3.90. The van der Waals surface area contributed by atoms with E-state index in [4.69, 9.17) is 16.3 Å². The third-order valence-corrected chi connectivity index (χ3v) is 4.67. The van der Waals surface area contributed by atoms with E-state index in [2.05, 4.69) is 31.3 Å². The fourth-order valence-electron chi connectivity index (χ4n) is 2.52. The summed E-state index contributed by atoms with van der Waals surface area (Å²) in [4.78, 5) is 16.9. The molecule has 0 unspecified atom stereocenters. The third kappa shape index (κ3) is 4.55. The quantitative estimate of drug-likeness (QED) is 0.577. The van der Waals surface area contributed by atoms with E-state index in [0.29, 0.717) is 24.0 Å². The molecule has 1 aromatic heterocycles. The fourth-order valence-corrected chi connectivity index (χ4v) is 2.95. The Bertz CT molecular complexity index is 957. The van der Waals surface area contributed by atoms with Gasteiger partial charge in [0.2, 0.25) is 5.82 Å². The molecule has 0 aliphatic heterocycles. The van der Waals surface area contributed by atoms with Crippen LogP contribution in [-0.4, -0.2) is 40.9 Å². The molecule has 3 rings (SSSR count). The van der Waals surface area contributed by atoms with Gasteiger partial charge in [0.25, 0.3) is 5.91 Å². The van der Waals surface area contributed by atoms with Crippen molar-refractivity contribution >= 4 is 33.4 Å². The van der Waals surface area contributed by atoms with Gasteiger partial charge in [-0.2, -0.15) is 0 Å². The first-order chi connectivity index (χ1) is 13.0. The number of aryl methyl sites for hydroxylation is 1. The SMILES string of the molecule is COCCNC(=O)c1nc(-c2ccc(Br)cc2)n(-c2cc(Cl)ccc2C)n1.